The zero-order chi connectivity index (χ0) is 19.1. The summed E-state index contributed by atoms with van der Waals surface area (Å²) >= 11 is 0. The Morgan fingerprint density at radius 1 is 0.750 bits per heavy atom. The van der Waals surface area contributed by atoms with Gasteiger partial charge >= 0.3 is 0 Å². The average Bonchev–Trinajstić information content (AvgIpc) is 2.73. The maximum Gasteiger partial charge on any atom is 0.251 e. The number of nitrogens with one attached hydrogen (secondary N) is 2. The molecule has 2 N–H and O–H groups in total. The van der Waals surface area contributed by atoms with Gasteiger partial charge in [-0.1, -0.05) is 48.5 Å². The number of aromatic amines is 1. The highest BCUT2D eigenvalue weighted by Gasteiger charge is 2.39. The van der Waals surface area contributed by atoms with E-state index in [0.717, 1.165) is 27.8 Å². The van der Waals surface area contributed by atoms with E-state index >= 15 is 0 Å². The summed E-state index contributed by atoms with van der Waals surface area (Å²) in [7, 11) is 0. The van der Waals surface area contributed by atoms with Gasteiger partial charge in [-0.15, -0.1) is 0 Å². The molecule has 0 saturated heterocycles. The summed E-state index contributed by atoms with van der Waals surface area (Å²) in [6.07, 6.45) is 1.57. The molecule has 0 aliphatic carbocycles. The predicted molar refractivity (Wildman–Crippen MR) is 108 cm³/mol. The van der Waals surface area contributed by atoms with Crippen LogP contribution in [0.1, 0.15) is 28.7 Å². The van der Waals surface area contributed by atoms with E-state index in [1.165, 1.54) is 0 Å². The first-order valence-electron chi connectivity index (χ1n) is 9.15. The zero-order valence-electron chi connectivity index (χ0n) is 14.9. The van der Waals surface area contributed by atoms with Crippen molar-refractivity contribution in [2.75, 3.05) is 5.32 Å². The number of rotatable bonds is 2. The van der Waals surface area contributed by atoms with E-state index in [9.17, 15) is 9.59 Å². The Morgan fingerprint density at radius 3 is 2.43 bits per heavy atom. The van der Waals surface area contributed by atoms with Crippen molar-refractivity contribution in [3.05, 3.63) is 106 Å². The topological polar surface area (TPSA) is 74.8 Å². The highest BCUT2D eigenvalue weighted by atomic mass is 16.2. The van der Waals surface area contributed by atoms with Crippen LogP contribution in [-0.4, -0.2) is 15.9 Å². The molecule has 136 valence electrons. The van der Waals surface area contributed by atoms with E-state index in [1.54, 1.807) is 18.3 Å². The molecule has 1 aliphatic heterocycles. The van der Waals surface area contributed by atoms with E-state index in [1.807, 2.05) is 60.7 Å². The highest BCUT2D eigenvalue weighted by molar-refractivity contribution is 6.00. The number of aromatic nitrogens is 2. The van der Waals surface area contributed by atoms with Gasteiger partial charge in [-0.3, -0.25) is 14.6 Å². The van der Waals surface area contributed by atoms with Crippen LogP contribution in [0, 0.1) is 0 Å². The maximum atomic E-state index is 13.1. The molecule has 0 spiro atoms. The van der Waals surface area contributed by atoms with Crippen molar-refractivity contribution in [3.8, 4) is 0 Å². The third kappa shape index (κ3) is 2.60. The molecule has 5 heteroatoms. The van der Waals surface area contributed by atoms with Gasteiger partial charge in [0.15, 0.2) is 0 Å². The van der Waals surface area contributed by atoms with Gasteiger partial charge in [0.05, 0.1) is 11.4 Å². The number of anilines is 1. The van der Waals surface area contributed by atoms with Crippen LogP contribution in [0.3, 0.4) is 0 Å². The molecule has 2 aromatic carbocycles. The second-order valence-corrected chi connectivity index (χ2v) is 6.92. The Hall–Kier alpha value is -3.73. The van der Waals surface area contributed by atoms with Gasteiger partial charge in [0.2, 0.25) is 5.91 Å². The summed E-state index contributed by atoms with van der Waals surface area (Å²) in [4.78, 5) is 33.1. The van der Waals surface area contributed by atoms with Crippen molar-refractivity contribution in [3.63, 3.8) is 0 Å². The molecule has 2 unspecified atom stereocenters. The lowest BCUT2D eigenvalue weighted by atomic mass is 9.76. The minimum absolute atomic E-state index is 0.199. The zero-order valence-corrected chi connectivity index (χ0v) is 14.9. The van der Waals surface area contributed by atoms with E-state index in [4.69, 9.17) is 4.98 Å². The van der Waals surface area contributed by atoms with Crippen molar-refractivity contribution < 1.29 is 4.79 Å². The summed E-state index contributed by atoms with van der Waals surface area (Å²) < 4.78 is 0. The molecule has 0 radical (unpaired) electrons. The number of hydrogen-bond donors (Lipinski definition) is 2. The summed E-state index contributed by atoms with van der Waals surface area (Å²) in [6.45, 7) is 0. The molecule has 3 heterocycles. The summed E-state index contributed by atoms with van der Waals surface area (Å²) in [5.74, 6) is -1.21. The van der Waals surface area contributed by atoms with E-state index < -0.39 is 5.92 Å². The molecule has 0 bridgehead atoms. The summed E-state index contributed by atoms with van der Waals surface area (Å²) in [5, 5.41) is 3.99. The fraction of sp³-hybridized carbons (Fsp3) is 0.0870. The van der Waals surface area contributed by atoms with Gasteiger partial charge in [-0.25, -0.2) is 0 Å². The van der Waals surface area contributed by atoms with Crippen molar-refractivity contribution in [2.45, 2.75) is 11.8 Å². The highest BCUT2D eigenvalue weighted by Crippen LogP contribution is 2.44. The number of carbonyl (C=O) groups is 1. The number of amides is 1. The van der Waals surface area contributed by atoms with Crippen LogP contribution in [0.5, 0.6) is 0 Å². The van der Waals surface area contributed by atoms with E-state index in [0.29, 0.717) is 5.56 Å². The van der Waals surface area contributed by atoms with Gasteiger partial charge in [0, 0.05) is 34.4 Å². The summed E-state index contributed by atoms with van der Waals surface area (Å²) in [6, 6.07) is 23.0. The normalized spacial score (nSPS) is 18.5. The second-order valence-electron chi connectivity index (χ2n) is 6.92. The van der Waals surface area contributed by atoms with Gasteiger partial charge in [-0.05, 0) is 29.8 Å². The standard InChI is InChI=1S/C23H17N3O2/c27-22-16(8-5-13-24-22)21-20(15-7-2-4-10-18(15)26-23(21)28)19-12-11-14-6-1-3-9-17(14)25-19/h1-13,20-21H,(H,24,27)(H,26,28). The molecule has 0 fully saturated rings. The molecular weight excluding hydrogens is 350 g/mol. The van der Waals surface area contributed by atoms with Gasteiger partial charge in [0.1, 0.15) is 0 Å². The predicted octanol–water partition coefficient (Wildman–Crippen LogP) is 3.79. The van der Waals surface area contributed by atoms with Gasteiger partial charge in [-0.2, -0.15) is 0 Å². The lowest BCUT2D eigenvalue weighted by Crippen LogP contribution is -2.35. The van der Waals surface area contributed by atoms with Gasteiger partial charge in [0.25, 0.3) is 5.56 Å². The SMILES string of the molecule is O=C1Nc2ccccc2C(c2ccc3ccccc3n2)C1c1ccc[nH]c1=O. The largest absolute Gasteiger partial charge is 0.329 e. The third-order valence-corrected chi connectivity index (χ3v) is 5.29. The van der Waals surface area contributed by atoms with Crippen molar-refractivity contribution in [1.29, 1.82) is 0 Å². The number of nitrogens with zero attached hydrogens (tertiary/aromatic N) is 1. The third-order valence-electron chi connectivity index (χ3n) is 5.29. The Kier molecular flexibility index (Phi) is 3.79. The first-order chi connectivity index (χ1) is 13.7. The fourth-order valence-electron chi connectivity index (χ4n) is 4.01. The summed E-state index contributed by atoms with van der Waals surface area (Å²) in [5.41, 5.74) is 3.54. The number of para-hydroxylation sites is 2. The van der Waals surface area contributed by atoms with Crippen LogP contribution in [0.2, 0.25) is 0 Å². The quantitative estimate of drug-likeness (QED) is 0.566. The number of fused-ring (bicyclic) bond motifs is 2. The lowest BCUT2D eigenvalue weighted by molar-refractivity contribution is -0.118. The number of hydrogen-bond acceptors (Lipinski definition) is 3. The van der Waals surface area contributed by atoms with Crippen molar-refractivity contribution in [1.82, 2.24) is 9.97 Å². The Bertz CT molecular complexity index is 1260. The molecular formula is C23H17N3O2. The molecule has 5 rings (SSSR count). The minimum atomic E-state index is -0.659. The Morgan fingerprint density at radius 2 is 1.54 bits per heavy atom. The minimum Gasteiger partial charge on any atom is -0.329 e. The van der Waals surface area contributed by atoms with E-state index in [-0.39, 0.29) is 17.4 Å². The van der Waals surface area contributed by atoms with Crippen LogP contribution in [0.15, 0.2) is 83.8 Å². The molecule has 0 saturated carbocycles. The molecule has 1 amide bonds. The van der Waals surface area contributed by atoms with Crippen LogP contribution in [0.25, 0.3) is 10.9 Å². The van der Waals surface area contributed by atoms with Gasteiger partial charge < -0.3 is 10.3 Å². The van der Waals surface area contributed by atoms with Crippen LogP contribution in [-0.2, 0) is 4.79 Å². The van der Waals surface area contributed by atoms with Crippen molar-refractivity contribution >= 4 is 22.5 Å². The van der Waals surface area contributed by atoms with Crippen LogP contribution < -0.4 is 10.9 Å². The van der Waals surface area contributed by atoms with Crippen LogP contribution >= 0.6 is 0 Å². The molecule has 4 aromatic rings. The molecule has 2 atom stereocenters. The maximum absolute atomic E-state index is 13.1. The molecule has 5 nitrogen and oxygen atoms in total. The number of carbonyl (C=O) groups excluding carboxylic acids is 1. The fourth-order valence-corrected chi connectivity index (χ4v) is 4.01. The lowest BCUT2D eigenvalue weighted by Gasteiger charge is -2.32. The average molecular weight is 367 g/mol. The Labute approximate surface area is 161 Å². The van der Waals surface area contributed by atoms with Crippen LogP contribution in [0.4, 0.5) is 5.69 Å². The first-order valence-corrected chi connectivity index (χ1v) is 9.15. The molecule has 2 aromatic heterocycles. The van der Waals surface area contributed by atoms with Crippen molar-refractivity contribution in [2.24, 2.45) is 0 Å². The number of benzene rings is 2. The molecule has 1 aliphatic rings. The second kappa shape index (κ2) is 6.46. The first kappa shape index (κ1) is 16.4. The number of H-pyrrole nitrogens is 1. The monoisotopic (exact) mass is 367 g/mol. The smallest absolute Gasteiger partial charge is 0.251 e. The molecule has 28 heavy (non-hydrogen) atoms. The van der Waals surface area contributed by atoms with E-state index in [2.05, 4.69) is 10.3 Å². The number of pyridine rings is 2. The Balaban J connectivity index is 1.77.